The highest BCUT2D eigenvalue weighted by Crippen LogP contribution is 2.07. The van der Waals surface area contributed by atoms with E-state index in [1.165, 1.54) is 17.8 Å². The van der Waals surface area contributed by atoms with Gasteiger partial charge in [-0.05, 0) is 12.1 Å². The van der Waals surface area contributed by atoms with Gasteiger partial charge in [0.2, 0.25) is 0 Å². The van der Waals surface area contributed by atoms with Crippen LogP contribution in [0.15, 0.2) is 42.5 Å². The highest BCUT2D eigenvalue weighted by Gasteiger charge is 2.06. The molecule has 0 aliphatic carbocycles. The SMILES string of the molecule is CN(C)c1ccccc1.O=C1C=CC(=O)N1. The fourth-order valence-corrected chi connectivity index (χ4v) is 1.08. The van der Waals surface area contributed by atoms with Crippen LogP contribution in [-0.4, -0.2) is 25.9 Å². The van der Waals surface area contributed by atoms with E-state index in [0.29, 0.717) is 0 Å². The van der Waals surface area contributed by atoms with Crippen LogP contribution in [-0.2, 0) is 9.59 Å². The van der Waals surface area contributed by atoms with Gasteiger partial charge < -0.3 is 4.90 Å². The summed E-state index contributed by atoms with van der Waals surface area (Å²) < 4.78 is 0. The van der Waals surface area contributed by atoms with E-state index in [1.54, 1.807) is 0 Å². The van der Waals surface area contributed by atoms with Gasteiger partial charge in [-0.25, -0.2) is 0 Å². The van der Waals surface area contributed by atoms with E-state index in [0.717, 1.165) is 0 Å². The monoisotopic (exact) mass is 218 g/mol. The maximum Gasteiger partial charge on any atom is 0.250 e. The van der Waals surface area contributed by atoms with Crippen LogP contribution >= 0.6 is 0 Å². The quantitative estimate of drug-likeness (QED) is 0.714. The Bertz CT molecular complexity index is 381. The smallest absolute Gasteiger partial charge is 0.250 e. The Morgan fingerprint density at radius 1 is 0.938 bits per heavy atom. The predicted molar refractivity (Wildman–Crippen MR) is 63.1 cm³/mol. The van der Waals surface area contributed by atoms with Crippen molar-refractivity contribution in [2.75, 3.05) is 19.0 Å². The number of imide groups is 1. The molecule has 0 unspecified atom stereocenters. The lowest BCUT2D eigenvalue weighted by Crippen LogP contribution is -2.19. The minimum atomic E-state index is -0.329. The molecule has 1 aliphatic heterocycles. The van der Waals surface area contributed by atoms with Crippen LogP contribution in [0.2, 0.25) is 0 Å². The molecule has 16 heavy (non-hydrogen) atoms. The summed E-state index contributed by atoms with van der Waals surface area (Å²) >= 11 is 0. The van der Waals surface area contributed by atoms with Crippen molar-refractivity contribution in [2.24, 2.45) is 0 Å². The van der Waals surface area contributed by atoms with Gasteiger partial charge in [-0.2, -0.15) is 0 Å². The Kier molecular flexibility index (Phi) is 4.27. The molecule has 0 aromatic heterocycles. The number of hydrogen-bond acceptors (Lipinski definition) is 3. The van der Waals surface area contributed by atoms with Crippen molar-refractivity contribution in [1.29, 1.82) is 0 Å². The molecule has 0 fully saturated rings. The molecule has 0 saturated carbocycles. The Balaban J connectivity index is 0.000000165. The van der Waals surface area contributed by atoms with Crippen LogP contribution < -0.4 is 10.2 Å². The largest absolute Gasteiger partial charge is 0.378 e. The topological polar surface area (TPSA) is 49.4 Å². The van der Waals surface area contributed by atoms with Crippen molar-refractivity contribution in [3.8, 4) is 0 Å². The summed E-state index contributed by atoms with van der Waals surface area (Å²) in [7, 11) is 4.07. The number of nitrogens with zero attached hydrogens (tertiary/aromatic N) is 1. The Morgan fingerprint density at radius 3 is 1.69 bits per heavy atom. The van der Waals surface area contributed by atoms with Gasteiger partial charge in [0.25, 0.3) is 11.8 Å². The third-order valence-electron chi connectivity index (χ3n) is 1.91. The molecule has 4 nitrogen and oxygen atoms in total. The number of carbonyl (C=O) groups excluding carboxylic acids is 2. The van der Waals surface area contributed by atoms with Crippen molar-refractivity contribution in [3.63, 3.8) is 0 Å². The second-order valence-corrected chi connectivity index (χ2v) is 3.42. The van der Waals surface area contributed by atoms with E-state index < -0.39 is 0 Å². The molecule has 1 aromatic carbocycles. The zero-order chi connectivity index (χ0) is 12.0. The van der Waals surface area contributed by atoms with Crippen LogP contribution in [0.1, 0.15) is 0 Å². The Labute approximate surface area is 94.6 Å². The maximum absolute atomic E-state index is 10.0. The highest BCUT2D eigenvalue weighted by molar-refractivity contribution is 6.12. The molecule has 0 atom stereocenters. The van der Waals surface area contributed by atoms with E-state index in [2.05, 4.69) is 17.0 Å². The number of anilines is 1. The molecule has 1 aliphatic rings. The van der Waals surface area contributed by atoms with E-state index in [9.17, 15) is 9.59 Å². The summed E-state index contributed by atoms with van der Waals surface area (Å²) in [4.78, 5) is 22.2. The molecule has 4 heteroatoms. The highest BCUT2D eigenvalue weighted by atomic mass is 16.2. The van der Waals surface area contributed by atoms with Crippen LogP contribution in [0.5, 0.6) is 0 Å². The molecule has 84 valence electrons. The molecule has 0 radical (unpaired) electrons. The van der Waals surface area contributed by atoms with Crippen LogP contribution in [0, 0.1) is 0 Å². The van der Waals surface area contributed by atoms with E-state index >= 15 is 0 Å². The fraction of sp³-hybridized carbons (Fsp3) is 0.167. The Hall–Kier alpha value is -2.10. The summed E-state index contributed by atoms with van der Waals surface area (Å²) in [5, 5.41) is 2.03. The molecule has 0 spiro atoms. The van der Waals surface area contributed by atoms with E-state index in [4.69, 9.17) is 0 Å². The van der Waals surface area contributed by atoms with Gasteiger partial charge in [-0.15, -0.1) is 0 Å². The third kappa shape index (κ3) is 3.96. The van der Waals surface area contributed by atoms with Gasteiger partial charge in [0.1, 0.15) is 0 Å². The number of nitrogens with one attached hydrogen (secondary N) is 1. The third-order valence-corrected chi connectivity index (χ3v) is 1.91. The molecular weight excluding hydrogens is 204 g/mol. The molecule has 2 amide bonds. The number of hydrogen-bond donors (Lipinski definition) is 1. The second kappa shape index (κ2) is 5.70. The van der Waals surface area contributed by atoms with Crippen molar-refractivity contribution in [1.82, 2.24) is 5.32 Å². The van der Waals surface area contributed by atoms with Crippen LogP contribution in [0.4, 0.5) is 5.69 Å². The van der Waals surface area contributed by atoms with Gasteiger partial charge >= 0.3 is 0 Å². The zero-order valence-electron chi connectivity index (χ0n) is 9.31. The average Bonchev–Trinajstić information content (AvgIpc) is 2.65. The summed E-state index contributed by atoms with van der Waals surface area (Å²) in [6.45, 7) is 0. The minimum absolute atomic E-state index is 0.329. The van der Waals surface area contributed by atoms with Gasteiger partial charge in [-0.3, -0.25) is 14.9 Å². The molecular formula is C12H14N2O2. The summed E-state index contributed by atoms with van der Waals surface area (Å²) in [6, 6.07) is 10.3. The molecule has 1 N–H and O–H groups in total. The number of carbonyl (C=O) groups is 2. The number of amides is 2. The summed E-state index contributed by atoms with van der Waals surface area (Å²) in [6.07, 6.45) is 2.39. The maximum atomic E-state index is 10.0. The van der Waals surface area contributed by atoms with Crippen molar-refractivity contribution >= 4 is 17.5 Å². The van der Waals surface area contributed by atoms with Crippen LogP contribution in [0.25, 0.3) is 0 Å². The Morgan fingerprint density at radius 2 is 1.44 bits per heavy atom. The molecule has 2 rings (SSSR count). The summed E-state index contributed by atoms with van der Waals surface area (Å²) in [5.41, 5.74) is 1.25. The minimum Gasteiger partial charge on any atom is -0.378 e. The number of benzene rings is 1. The lowest BCUT2D eigenvalue weighted by molar-refractivity contribution is -0.123. The number of rotatable bonds is 1. The number of para-hydroxylation sites is 1. The van der Waals surface area contributed by atoms with Gasteiger partial charge in [0.05, 0.1) is 0 Å². The van der Waals surface area contributed by atoms with Crippen LogP contribution in [0.3, 0.4) is 0 Å². The fourth-order valence-electron chi connectivity index (χ4n) is 1.08. The first-order valence-electron chi connectivity index (χ1n) is 4.85. The second-order valence-electron chi connectivity index (χ2n) is 3.42. The van der Waals surface area contributed by atoms with Crippen molar-refractivity contribution in [2.45, 2.75) is 0 Å². The molecule has 1 heterocycles. The summed E-state index contributed by atoms with van der Waals surface area (Å²) in [5.74, 6) is -0.657. The molecule has 0 saturated heterocycles. The predicted octanol–water partition coefficient (Wildman–Crippen LogP) is 0.952. The lowest BCUT2D eigenvalue weighted by atomic mass is 10.3. The molecule has 0 bridgehead atoms. The van der Waals surface area contributed by atoms with Gasteiger partial charge in [-0.1, -0.05) is 18.2 Å². The first-order valence-corrected chi connectivity index (χ1v) is 4.85. The van der Waals surface area contributed by atoms with Gasteiger partial charge in [0, 0.05) is 31.9 Å². The van der Waals surface area contributed by atoms with E-state index in [1.807, 2.05) is 37.6 Å². The first-order chi connectivity index (χ1) is 7.59. The van der Waals surface area contributed by atoms with Gasteiger partial charge in [0.15, 0.2) is 0 Å². The van der Waals surface area contributed by atoms with Crippen molar-refractivity contribution < 1.29 is 9.59 Å². The average molecular weight is 218 g/mol. The standard InChI is InChI=1S/C8H11N.C4H3NO2/c1-9(2)8-6-4-3-5-7-8;6-3-1-2-4(7)5-3/h3-7H,1-2H3;1-2H,(H,5,6,7). The zero-order valence-corrected chi connectivity index (χ0v) is 9.31. The normalized spacial score (nSPS) is 12.9. The molecule has 1 aromatic rings. The van der Waals surface area contributed by atoms with E-state index in [-0.39, 0.29) is 11.8 Å². The van der Waals surface area contributed by atoms with Crippen molar-refractivity contribution in [3.05, 3.63) is 42.5 Å². The first kappa shape index (κ1) is 12.0. The lowest BCUT2D eigenvalue weighted by Gasteiger charge is -2.10.